The Morgan fingerprint density at radius 2 is 2.00 bits per heavy atom. The van der Waals surface area contributed by atoms with Gasteiger partial charge in [0.2, 0.25) is 10.0 Å². The number of sulfonamides is 1. The van der Waals surface area contributed by atoms with Gasteiger partial charge in [-0.05, 0) is 44.0 Å². The minimum Gasteiger partial charge on any atom is -0.388 e. The molecule has 2 rings (SSSR count). The van der Waals surface area contributed by atoms with Crippen LogP contribution < -0.4 is 5.14 Å². The van der Waals surface area contributed by atoms with Gasteiger partial charge in [0, 0.05) is 24.6 Å². The van der Waals surface area contributed by atoms with Crippen molar-refractivity contribution in [1.29, 1.82) is 0 Å². The second-order valence-electron chi connectivity index (χ2n) is 6.41. The number of aliphatic hydroxyl groups is 1. The summed E-state index contributed by atoms with van der Waals surface area (Å²) < 4.78 is 23.3. The second kappa shape index (κ2) is 5.33. The number of likely N-dealkylation sites (tertiary alicyclic amines) is 1. The van der Waals surface area contributed by atoms with Crippen LogP contribution in [0.4, 0.5) is 0 Å². The molecule has 3 N–H and O–H groups in total. The molecule has 122 valence electrons. The molecule has 6 nitrogen and oxygen atoms in total. The van der Waals surface area contributed by atoms with Crippen molar-refractivity contribution >= 4 is 15.9 Å². The van der Waals surface area contributed by atoms with E-state index in [2.05, 4.69) is 0 Å². The highest BCUT2D eigenvalue weighted by Crippen LogP contribution is 2.29. The van der Waals surface area contributed by atoms with Crippen LogP contribution in [0.3, 0.4) is 0 Å². The van der Waals surface area contributed by atoms with Crippen molar-refractivity contribution in [3.63, 3.8) is 0 Å². The van der Waals surface area contributed by atoms with Gasteiger partial charge < -0.3 is 10.0 Å². The Hall–Kier alpha value is -1.44. The number of rotatable bonds is 2. The molecule has 1 aliphatic heterocycles. The third-order valence-electron chi connectivity index (χ3n) is 4.53. The van der Waals surface area contributed by atoms with Crippen LogP contribution in [0, 0.1) is 19.8 Å². The van der Waals surface area contributed by atoms with Crippen molar-refractivity contribution in [3.05, 3.63) is 28.8 Å². The standard InChI is InChI=1S/C15H22N2O4S/c1-9-5-12(6-13(11(9)3)22(16,20)21)14(18)17-7-10(2)15(4,19)8-17/h5-6,10,19H,7-8H2,1-4H3,(H2,16,20,21)/t10-,15+/m1/s1. The molecule has 1 aromatic carbocycles. The Morgan fingerprint density at radius 1 is 1.41 bits per heavy atom. The summed E-state index contributed by atoms with van der Waals surface area (Å²) in [5.74, 6) is -0.335. The van der Waals surface area contributed by atoms with Crippen LogP contribution in [-0.4, -0.2) is 43.0 Å². The fourth-order valence-corrected chi connectivity index (χ4v) is 3.60. The van der Waals surface area contributed by atoms with Gasteiger partial charge >= 0.3 is 0 Å². The van der Waals surface area contributed by atoms with Gasteiger partial charge in [-0.25, -0.2) is 13.6 Å². The van der Waals surface area contributed by atoms with E-state index in [1.165, 1.54) is 6.07 Å². The van der Waals surface area contributed by atoms with Crippen molar-refractivity contribution in [2.24, 2.45) is 11.1 Å². The van der Waals surface area contributed by atoms with E-state index < -0.39 is 15.6 Å². The number of nitrogens with two attached hydrogens (primary N) is 1. The normalized spacial score (nSPS) is 25.5. The molecule has 1 amide bonds. The lowest BCUT2D eigenvalue weighted by atomic mass is 9.95. The average Bonchev–Trinajstić information content (AvgIpc) is 2.64. The Morgan fingerprint density at radius 3 is 2.45 bits per heavy atom. The maximum absolute atomic E-state index is 12.6. The van der Waals surface area contributed by atoms with E-state index in [4.69, 9.17) is 5.14 Å². The molecule has 0 aromatic heterocycles. The number of hydrogen-bond acceptors (Lipinski definition) is 4. The van der Waals surface area contributed by atoms with Gasteiger partial charge in [0.1, 0.15) is 0 Å². The van der Waals surface area contributed by atoms with Crippen molar-refractivity contribution < 1.29 is 18.3 Å². The van der Waals surface area contributed by atoms with Gasteiger partial charge in [-0.3, -0.25) is 4.79 Å². The maximum Gasteiger partial charge on any atom is 0.254 e. The topological polar surface area (TPSA) is 101 Å². The number of hydrogen-bond donors (Lipinski definition) is 2. The van der Waals surface area contributed by atoms with E-state index in [0.29, 0.717) is 17.7 Å². The van der Waals surface area contributed by atoms with Gasteiger partial charge in [-0.15, -0.1) is 0 Å². The fourth-order valence-electron chi connectivity index (χ4n) is 2.72. The van der Waals surface area contributed by atoms with Gasteiger partial charge in [-0.2, -0.15) is 0 Å². The Balaban J connectivity index is 2.42. The smallest absolute Gasteiger partial charge is 0.254 e. The molecule has 0 radical (unpaired) electrons. The van der Waals surface area contributed by atoms with Gasteiger partial charge in [0.15, 0.2) is 0 Å². The lowest BCUT2D eigenvalue weighted by molar-refractivity contribution is 0.0351. The Bertz CT molecular complexity index is 725. The van der Waals surface area contributed by atoms with Crippen LogP contribution in [0.2, 0.25) is 0 Å². The SMILES string of the molecule is Cc1cc(C(=O)N2C[C@@H](C)[C@@](C)(O)C2)cc(S(N)(=O)=O)c1C. The Kier molecular flexibility index (Phi) is 4.10. The largest absolute Gasteiger partial charge is 0.388 e. The summed E-state index contributed by atoms with van der Waals surface area (Å²) in [5.41, 5.74) is 0.574. The first-order valence-corrected chi connectivity index (χ1v) is 8.64. The lowest BCUT2D eigenvalue weighted by Gasteiger charge is -2.21. The summed E-state index contributed by atoms with van der Waals surface area (Å²) in [6.45, 7) is 7.63. The highest BCUT2D eigenvalue weighted by Gasteiger charge is 2.40. The maximum atomic E-state index is 12.6. The van der Waals surface area contributed by atoms with Crippen molar-refractivity contribution in [1.82, 2.24) is 4.90 Å². The second-order valence-corrected chi connectivity index (χ2v) is 7.94. The van der Waals surface area contributed by atoms with E-state index in [1.54, 1.807) is 31.7 Å². The number of carbonyl (C=O) groups excluding carboxylic acids is 1. The zero-order chi connectivity index (χ0) is 16.9. The zero-order valence-corrected chi connectivity index (χ0v) is 14.1. The summed E-state index contributed by atoms with van der Waals surface area (Å²) in [4.78, 5) is 14.1. The number of aryl methyl sites for hydroxylation is 1. The number of carbonyl (C=O) groups is 1. The first-order chi connectivity index (χ1) is 9.93. The summed E-state index contributed by atoms with van der Waals surface area (Å²) in [6, 6.07) is 2.97. The molecule has 1 aliphatic rings. The highest BCUT2D eigenvalue weighted by molar-refractivity contribution is 7.89. The first-order valence-electron chi connectivity index (χ1n) is 7.09. The number of β-amino-alcohol motifs (C(OH)–C–C–N with tert-alkyl or cyclic N) is 1. The number of amides is 1. The minimum atomic E-state index is -3.89. The van der Waals surface area contributed by atoms with E-state index >= 15 is 0 Å². The van der Waals surface area contributed by atoms with Crippen LogP contribution in [0.5, 0.6) is 0 Å². The predicted molar refractivity (Wildman–Crippen MR) is 83.0 cm³/mol. The van der Waals surface area contributed by atoms with Crippen LogP contribution in [0.25, 0.3) is 0 Å². The van der Waals surface area contributed by atoms with Crippen LogP contribution in [0.15, 0.2) is 17.0 Å². The molecule has 22 heavy (non-hydrogen) atoms. The van der Waals surface area contributed by atoms with Crippen LogP contribution in [-0.2, 0) is 10.0 Å². The third-order valence-corrected chi connectivity index (χ3v) is 5.56. The number of benzene rings is 1. The van der Waals surface area contributed by atoms with Crippen molar-refractivity contribution in [2.45, 2.75) is 38.2 Å². The molecule has 0 bridgehead atoms. The van der Waals surface area contributed by atoms with Gasteiger partial charge in [-0.1, -0.05) is 6.92 Å². The summed E-state index contributed by atoms with van der Waals surface area (Å²) in [7, 11) is -3.89. The quantitative estimate of drug-likeness (QED) is 0.839. The Labute approximate surface area is 131 Å². The summed E-state index contributed by atoms with van der Waals surface area (Å²) in [6.07, 6.45) is 0. The molecule has 0 unspecified atom stereocenters. The van der Waals surface area contributed by atoms with Crippen LogP contribution in [0.1, 0.15) is 35.3 Å². The predicted octanol–water partition coefficient (Wildman–Crippen LogP) is 0.794. The molecule has 1 fully saturated rings. The minimum absolute atomic E-state index is 0.0325. The summed E-state index contributed by atoms with van der Waals surface area (Å²) >= 11 is 0. The molecule has 0 aliphatic carbocycles. The number of primary sulfonamides is 1. The molecule has 7 heteroatoms. The molecule has 0 spiro atoms. The zero-order valence-electron chi connectivity index (χ0n) is 13.3. The molecular formula is C15H22N2O4S. The lowest BCUT2D eigenvalue weighted by Crippen LogP contribution is -2.35. The number of nitrogens with zero attached hydrogens (tertiary/aromatic N) is 1. The fraction of sp³-hybridized carbons (Fsp3) is 0.533. The molecule has 1 saturated heterocycles. The molecule has 1 aromatic rings. The van der Waals surface area contributed by atoms with Gasteiger partial charge in [0.25, 0.3) is 5.91 Å². The molecule has 1 heterocycles. The molecule has 2 atom stereocenters. The van der Waals surface area contributed by atoms with Gasteiger partial charge in [0.05, 0.1) is 10.5 Å². The van der Waals surface area contributed by atoms with E-state index in [0.717, 1.165) is 0 Å². The monoisotopic (exact) mass is 326 g/mol. The average molecular weight is 326 g/mol. The van der Waals surface area contributed by atoms with Crippen molar-refractivity contribution in [3.8, 4) is 0 Å². The van der Waals surface area contributed by atoms with Crippen molar-refractivity contribution in [2.75, 3.05) is 13.1 Å². The molecule has 0 saturated carbocycles. The summed E-state index contributed by atoms with van der Waals surface area (Å²) in [5, 5.41) is 15.4. The van der Waals surface area contributed by atoms with Crippen LogP contribution >= 0.6 is 0 Å². The first kappa shape index (κ1) is 16.9. The van der Waals surface area contributed by atoms with E-state index in [1.807, 2.05) is 6.92 Å². The van der Waals surface area contributed by atoms with E-state index in [9.17, 15) is 18.3 Å². The third kappa shape index (κ3) is 3.02. The highest BCUT2D eigenvalue weighted by atomic mass is 32.2. The molecular weight excluding hydrogens is 304 g/mol. The van der Waals surface area contributed by atoms with E-state index in [-0.39, 0.29) is 28.8 Å².